The van der Waals surface area contributed by atoms with Gasteiger partial charge in [0.1, 0.15) is 0 Å². The first-order chi connectivity index (χ1) is 6.20. The summed E-state index contributed by atoms with van der Waals surface area (Å²) in [6.45, 7) is 0. The van der Waals surface area contributed by atoms with Gasteiger partial charge < -0.3 is 0 Å². The predicted molar refractivity (Wildman–Crippen MR) is 56.7 cm³/mol. The van der Waals surface area contributed by atoms with Crippen LogP contribution in [0.2, 0.25) is 11.6 Å². The Bertz CT molecular complexity index is 262. The number of methoxy groups -OCH3 is 2. The molecule has 0 saturated carbocycles. The average molecular weight is 246 g/mol. The van der Waals surface area contributed by atoms with Crippen molar-refractivity contribution in [1.82, 2.24) is 0 Å². The molecule has 0 aliphatic carbocycles. The molecule has 13 heavy (non-hydrogen) atoms. The van der Waals surface area contributed by atoms with Crippen molar-refractivity contribution in [1.29, 1.82) is 0 Å². The van der Waals surface area contributed by atoms with Gasteiger partial charge in [0.15, 0.2) is 0 Å². The molecule has 1 aromatic carbocycles. The molecule has 1 aromatic rings. The van der Waals surface area contributed by atoms with Crippen LogP contribution >= 0.6 is 0 Å². The Morgan fingerprint density at radius 3 is 1.77 bits per heavy atom. The number of benzene rings is 1. The van der Waals surface area contributed by atoms with Crippen LogP contribution in [0, 0.1) is 0 Å². The van der Waals surface area contributed by atoms with Crippen molar-refractivity contribution < 1.29 is 9.47 Å². The SMILES string of the molecule is COc1cccc(OC)c1[Se+](C)C. The zero-order valence-corrected chi connectivity index (χ0v) is 10.2. The first-order valence-electron chi connectivity index (χ1n) is 3.99. The summed E-state index contributed by atoms with van der Waals surface area (Å²) in [5, 5.41) is 0. The van der Waals surface area contributed by atoms with Gasteiger partial charge in [-0.2, -0.15) is 0 Å². The van der Waals surface area contributed by atoms with E-state index >= 15 is 0 Å². The minimum absolute atomic E-state index is 0.763. The van der Waals surface area contributed by atoms with Crippen LogP contribution in [0.5, 0.6) is 11.5 Å². The summed E-state index contributed by atoms with van der Waals surface area (Å²) in [4.78, 5) is 0. The second kappa shape index (κ2) is 4.54. The zero-order valence-electron chi connectivity index (χ0n) is 8.46. The molecule has 0 heterocycles. The normalized spacial score (nSPS) is 10.2. The van der Waals surface area contributed by atoms with Crippen LogP contribution in [0.15, 0.2) is 18.2 Å². The average Bonchev–Trinajstić information content (AvgIpc) is 2.16. The van der Waals surface area contributed by atoms with Gasteiger partial charge >= 0.3 is 83.4 Å². The van der Waals surface area contributed by atoms with Gasteiger partial charge in [0.25, 0.3) is 0 Å². The molecule has 0 aromatic heterocycles. The fraction of sp³-hybridized carbons (Fsp3) is 0.400. The van der Waals surface area contributed by atoms with Gasteiger partial charge in [0.05, 0.1) is 0 Å². The van der Waals surface area contributed by atoms with Crippen molar-refractivity contribution >= 4 is 18.4 Å². The van der Waals surface area contributed by atoms with Gasteiger partial charge in [0, 0.05) is 0 Å². The van der Waals surface area contributed by atoms with Crippen LogP contribution in [0.3, 0.4) is 0 Å². The van der Waals surface area contributed by atoms with Gasteiger partial charge in [0.2, 0.25) is 0 Å². The quantitative estimate of drug-likeness (QED) is 0.755. The summed E-state index contributed by atoms with van der Waals surface area (Å²) in [6, 6.07) is 5.93. The Balaban J connectivity index is 3.21. The summed E-state index contributed by atoms with van der Waals surface area (Å²) in [5.74, 6) is 6.41. The Hall–Kier alpha value is -0.661. The van der Waals surface area contributed by atoms with Crippen molar-refractivity contribution in [2.45, 2.75) is 11.6 Å². The van der Waals surface area contributed by atoms with Gasteiger partial charge in [-0.1, -0.05) is 0 Å². The molecule has 72 valence electrons. The Morgan fingerprint density at radius 1 is 1.00 bits per heavy atom. The zero-order chi connectivity index (χ0) is 9.84. The Labute approximate surface area is 83.7 Å². The van der Waals surface area contributed by atoms with E-state index < -0.39 is 13.9 Å². The van der Waals surface area contributed by atoms with Gasteiger partial charge in [-0.15, -0.1) is 0 Å². The predicted octanol–water partition coefficient (Wildman–Crippen LogP) is 1.67. The summed E-state index contributed by atoms with van der Waals surface area (Å²) in [7, 11) is 3.40. The summed E-state index contributed by atoms with van der Waals surface area (Å²) in [6.07, 6.45) is 0. The van der Waals surface area contributed by atoms with E-state index in [1.165, 1.54) is 4.46 Å². The second-order valence-electron chi connectivity index (χ2n) is 2.81. The summed E-state index contributed by atoms with van der Waals surface area (Å²) >= 11 is -0.763. The van der Waals surface area contributed by atoms with Gasteiger partial charge in [-0.25, -0.2) is 0 Å². The molecule has 1 rings (SSSR count). The van der Waals surface area contributed by atoms with Crippen LogP contribution < -0.4 is 13.9 Å². The molecule has 3 heteroatoms. The van der Waals surface area contributed by atoms with Crippen LogP contribution in [0.1, 0.15) is 0 Å². The first-order valence-corrected chi connectivity index (χ1v) is 8.27. The molecule has 0 aliphatic heterocycles. The van der Waals surface area contributed by atoms with Crippen LogP contribution in [-0.2, 0) is 0 Å². The fourth-order valence-electron chi connectivity index (χ4n) is 1.22. The van der Waals surface area contributed by atoms with Crippen LogP contribution in [0.25, 0.3) is 0 Å². The number of hydrogen-bond donors (Lipinski definition) is 0. The van der Waals surface area contributed by atoms with E-state index in [4.69, 9.17) is 9.47 Å². The maximum absolute atomic E-state index is 5.30. The molecular weight excluding hydrogens is 231 g/mol. The molecular formula is C10H15O2Se+. The third kappa shape index (κ3) is 2.17. The topological polar surface area (TPSA) is 18.5 Å². The van der Waals surface area contributed by atoms with Crippen molar-refractivity contribution in [2.24, 2.45) is 0 Å². The van der Waals surface area contributed by atoms with Gasteiger partial charge in [-0.05, 0) is 0 Å². The molecule has 2 nitrogen and oxygen atoms in total. The van der Waals surface area contributed by atoms with E-state index in [1.54, 1.807) is 14.2 Å². The molecule has 0 atom stereocenters. The van der Waals surface area contributed by atoms with Crippen molar-refractivity contribution in [3.8, 4) is 11.5 Å². The third-order valence-electron chi connectivity index (χ3n) is 1.79. The molecule has 0 bridgehead atoms. The van der Waals surface area contributed by atoms with Crippen molar-refractivity contribution in [3.05, 3.63) is 18.2 Å². The van der Waals surface area contributed by atoms with E-state index in [2.05, 4.69) is 11.6 Å². The van der Waals surface area contributed by atoms with Gasteiger partial charge in [-0.3, -0.25) is 0 Å². The summed E-state index contributed by atoms with van der Waals surface area (Å²) < 4.78 is 11.9. The fourth-order valence-corrected chi connectivity index (χ4v) is 3.54. The standard InChI is InChI=1S/C10H15O2Se/c1-11-8-6-5-7-9(12-2)10(8)13(3)4/h5-7H,1-4H3/q+1. The number of hydrogen-bond acceptors (Lipinski definition) is 2. The molecule has 0 radical (unpaired) electrons. The van der Waals surface area contributed by atoms with Crippen LogP contribution in [0.4, 0.5) is 0 Å². The van der Waals surface area contributed by atoms with E-state index in [9.17, 15) is 0 Å². The van der Waals surface area contributed by atoms with Crippen molar-refractivity contribution in [3.63, 3.8) is 0 Å². The minimum atomic E-state index is -0.763. The molecule has 0 spiro atoms. The Morgan fingerprint density at radius 2 is 1.46 bits per heavy atom. The van der Waals surface area contributed by atoms with Crippen molar-refractivity contribution in [2.75, 3.05) is 14.2 Å². The molecule has 0 N–H and O–H groups in total. The molecule has 0 fully saturated rings. The second-order valence-corrected chi connectivity index (χ2v) is 7.09. The van der Waals surface area contributed by atoms with Crippen LogP contribution in [-0.4, -0.2) is 28.1 Å². The van der Waals surface area contributed by atoms with E-state index in [0.29, 0.717) is 0 Å². The van der Waals surface area contributed by atoms with E-state index in [-0.39, 0.29) is 0 Å². The first kappa shape index (κ1) is 10.4. The number of rotatable bonds is 3. The third-order valence-corrected chi connectivity index (χ3v) is 4.35. The molecule has 0 saturated heterocycles. The van der Waals surface area contributed by atoms with E-state index in [0.717, 1.165) is 11.5 Å². The summed E-state index contributed by atoms with van der Waals surface area (Å²) in [5.41, 5.74) is 0. The Kier molecular flexibility index (Phi) is 3.64. The molecule has 0 unspecified atom stereocenters. The maximum atomic E-state index is 5.30. The molecule has 0 amide bonds. The number of ether oxygens (including phenoxy) is 2. The monoisotopic (exact) mass is 247 g/mol. The molecule has 0 aliphatic rings. The van der Waals surface area contributed by atoms with E-state index in [1.807, 2.05) is 18.2 Å².